The van der Waals surface area contributed by atoms with Gasteiger partial charge in [0.2, 0.25) is 0 Å². The van der Waals surface area contributed by atoms with Crippen molar-refractivity contribution in [1.29, 1.82) is 5.26 Å². The predicted molar refractivity (Wildman–Crippen MR) is 97.2 cm³/mol. The van der Waals surface area contributed by atoms with Crippen LogP contribution < -0.4 is 5.56 Å². The molecule has 0 unspecified atom stereocenters. The van der Waals surface area contributed by atoms with Gasteiger partial charge in [0.25, 0.3) is 5.56 Å². The molecule has 6 heteroatoms. The van der Waals surface area contributed by atoms with Gasteiger partial charge in [-0.25, -0.2) is 4.39 Å². The zero-order chi connectivity index (χ0) is 18.4. The van der Waals surface area contributed by atoms with Gasteiger partial charge in [0.15, 0.2) is 0 Å². The summed E-state index contributed by atoms with van der Waals surface area (Å²) >= 11 is 1.59. The van der Waals surface area contributed by atoms with Crippen LogP contribution in [0.4, 0.5) is 4.39 Å². The number of nitriles is 1. The van der Waals surface area contributed by atoms with E-state index in [4.69, 9.17) is 0 Å². The molecule has 0 bridgehead atoms. The first kappa shape index (κ1) is 17.7. The molecule has 2 aromatic rings. The lowest BCUT2D eigenvalue weighted by Crippen LogP contribution is -2.30. The smallest absolute Gasteiger partial charge is 0.269 e. The Morgan fingerprint density at radius 1 is 1.40 bits per heavy atom. The maximum absolute atomic E-state index is 14.5. The van der Waals surface area contributed by atoms with Gasteiger partial charge in [0.1, 0.15) is 17.4 Å². The number of hydrogen-bond donors (Lipinski definition) is 0. The summed E-state index contributed by atoms with van der Waals surface area (Å²) in [6.07, 6.45) is 1.55. The number of hydrogen-bond acceptors (Lipinski definition) is 4. The minimum absolute atomic E-state index is 0.0446. The van der Waals surface area contributed by atoms with E-state index in [1.165, 1.54) is 6.07 Å². The van der Waals surface area contributed by atoms with Crippen LogP contribution in [0.2, 0.25) is 0 Å². The summed E-state index contributed by atoms with van der Waals surface area (Å²) in [6, 6.07) is 5.18. The summed E-state index contributed by atoms with van der Waals surface area (Å²) in [5.74, 6) is 0.867. The summed E-state index contributed by atoms with van der Waals surface area (Å²) in [4.78, 5) is 17.0. The van der Waals surface area contributed by atoms with Crippen LogP contribution in [0.1, 0.15) is 39.0 Å². The highest BCUT2D eigenvalue weighted by molar-refractivity contribution is 7.99. The molecule has 0 saturated carbocycles. The minimum Gasteiger partial charge on any atom is -0.302 e. The Labute approximate surface area is 150 Å². The van der Waals surface area contributed by atoms with E-state index in [1.807, 2.05) is 32.9 Å². The topological polar surface area (TPSA) is 58.7 Å². The number of aromatic nitrogens is 2. The molecule has 0 saturated heterocycles. The Balaban J connectivity index is 2.19. The highest BCUT2D eigenvalue weighted by atomic mass is 32.2. The van der Waals surface area contributed by atoms with Gasteiger partial charge in [-0.1, -0.05) is 27.7 Å². The molecule has 0 aromatic carbocycles. The fraction of sp³-hybridized carbons (Fsp3) is 0.421. The molecule has 1 aliphatic rings. The molecule has 25 heavy (non-hydrogen) atoms. The van der Waals surface area contributed by atoms with E-state index in [9.17, 15) is 14.4 Å². The summed E-state index contributed by atoms with van der Waals surface area (Å²) in [7, 11) is 0. The van der Waals surface area contributed by atoms with Gasteiger partial charge < -0.3 is 4.57 Å². The highest BCUT2D eigenvalue weighted by Gasteiger charge is 2.24. The van der Waals surface area contributed by atoms with Crippen LogP contribution in [-0.4, -0.2) is 15.3 Å². The van der Waals surface area contributed by atoms with Crippen molar-refractivity contribution in [3.63, 3.8) is 0 Å². The fourth-order valence-electron chi connectivity index (χ4n) is 2.98. The van der Waals surface area contributed by atoms with Gasteiger partial charge in [-0.15, -0.1) is 11.8 Å². The van der Waals surface area contributed by atoms with Crippen LogP contribution in [0.5, 0.6) is 0 Å². The highest BCUT2D eigenvalue weighted by Crippen LogP contribution is 2.33. The van der Waals surface area contributed by atoms with E-state index in [-0.39, 0.29) is 11.1 Å². The number of nitrogens with zero attached hydrogens (tertiary/aromatic N) is 3. The van der Waals surface area contributed by atoms with Gasteiger partial charge >= 0.3 is 0 Å². The van der Waals surface area contributed by atoms with Crippen molar-refractivity contribution in [2.75, 3.05) is 5.75 Å². The molecular weight excluding hydrogens is 337 g/mol. The van der Waals surface area contributed by atoms with Crippen molar-refractivity contribution >= 4 is 11.8 Å². The molecule has 1 aliphatic heterocycles. The van der Waals surface area contributed by atoms with Gasteiger partial charge in [0.05, 0.1) is 10.7 Å². The molecule has 130 valence electrons. The van der Waals surface area contributed by atoms with Crippen LogP contribution in [0, 0.1) is 23.1 Å². The van der Waals surface area contributed by atoms with E-state index >= 15 is 0 Å². The van der Waals surface area contributed by atoms with E-state index in [0.717, 1.165) is 10.8 Å². The zero-order valence-electron chi connectivity index (χ0n) is 14.8. The van der Waals surface area contributed by atoms with Crippen molar-refractivity contribution in [2.24, 2.45) is 5.92 Å². The first-order valence-electron chi connectivity index (χ1n) is 8.19. The number of fused-ring (bicyclic) bond motifs is 1. The van der Waals surface area contributed by atoms with Crippen molar-refractivity contribution in [2.45, 2.75) is 44.7 Å². The Morgan fingerprint density at radius 2 is 2.12 bits per heavy atom. The van der Waals surface area contributed by atoms with E-state index in [0.29, 0.717) is 29.3 Å². The van der Waals surface area contributed by atoms with Crippen LogP contribution in [-0.2, 0) is 12.0 Å². The van der Waals surface area contributed by atoms with E-state index in [1.54, 1.807) is 22.5 Å². The maximum Gasteiger partial charge on any atom is 0.269 e. The number of halogens is 1. The second kappa shape index (κ2) is 6.30. The number of pyridine rings is 2. The summed E-state index contributed by atoms with van der Waals surface area (Å²) in [5, 5.41) is 10.3. The van der Waals surface area contributed by atoms with Crippen LogP contribution in [0.3, 0.4) is 0 Å². The molecule has 0 radical (unpaired) electrons. The molecule has 0 aliphatic carbocycles. The molecule has 0 amide bonds. The standard InChI is InChI=1S/C19H20FN3OS/c1-11-9-23-16(25-10-11)6-13(14(7-21)18(23)24)12-5-15(20)17(22-8-12)19(2,3)4/h5-6,8,11H,9-10H2,1-4H3/t11-/m1/s1. The molecule has 3 heterocycles. The SMILES string of the molecule is C[C@H]1CSc2cc(-c3cnc(C(C)(C)C)c(F)c3)c(C#N)c(=O)n2C1. The molecule has 2 aromatic heterocycles. The maximum atomic E-state index is 14.5. The normalized spacial score (nSPS) is 17.0. The molecule has 0 N–H and O–H groups in total. The summed E-state index contributed by atoms with van der Waals surface area (Å²) < 4.78 is 16.2. The zero-order valence-corrected chi connectivity index (χ0v) is 15.6. The van der Waals surface area contributed by atoms with Crippen molar-refractivity contribution in [3.05, 3.63) is 45.8 Å². The molecule has 0 spiro atoms. The lowest BCUT2D eigenvalue weighted by atomic mass is 9.90. The molecule has 1 atom stereocenters. The first-order valence-corrected chi connectivity index (χ1v) is 9.18. The first-order chi connectivity index (χ1) is 11.7. The lowest BCUT2D eigenvalue weighted by molar-refractivity contribution is 0.474. The molecule has 4 nitrogen and oxygen atoms in total. The number of thioether (sulfide) groups is 1. The summed E-state index contributed by atoms with van der Waals surface area (Å²) in [5.41, 5.74) is 0.599. The Bertz CT molecular complexity index is 937. The van der Waals surface area contributed by atoms with Crippen molar-refractivity contribution in [1.82, 2.24) is 9.55 Å². The average Bonchev–Trinajstić information content (AvgIpc) is 2.54. The van der Waals surface area contributed by atoms with Crippen molar-refractivity contribution in [3.8, 4) is 17.2 Å². The molecular formula is C19H20FN3OS. The third kappa shape index (κ3) is 3.21. The third-order valence-electron chi connectivity index (χ3n) is 4.25. The van der Waals surface area contributed by atoms with Gasteiger partial charge in [-0.2, -0.15) is 5.26 Å². The third-order valence-corrected chi connectivity index (χ3v) is 5.62. The quantitative estimate of drug-likeness (QED) is 0.775. The fourth-order valence-corrected chi connectivity index (χ4v) is 4.06. The summed E-state index contributed by atoms with van der Waals surface area (Å²) in [6.45, 7) is 8.35. The monoisotopic (exact) mass is 357 g/mol. The van der Waals surface area contributed by atoms with E-state index in [2.05, 4.69) is 11.9 Å². The van der Waals surface area contributed by atoms with Gasteiger partial charge in [-0.05, 0) is 18.1 Å². The second-order valence-corrected chi connectivity index (χ2v) is 8.56. The van der Waals surface area contributed by atoms with Gasteiger partial charge in [-0.3, -0.25) is 9.78 Å². The Hall–Kier alpha value is -2.13. The average molecular weight is 357 g/mol. The van der Waals surface area contributed by atoms with E-state index < -0.39 is 11.2 Å². The lowest BCUT2D eigenvalue weighted by Gasteiger charge is -2.24. The second-order valence-electron chi connectivity index (χ2n) is 7.52. The Morgan fingerprint density at radius 3 is 2.72 bits per heavy atom. The van der Waals surface area contributed by atoms with Crippen LogP contribution in [0.15, 0.2) is 28.2 Å². The van der Waals surface area contributed by atoms with Crippen LogP contribution in [0.25, 0.3) is 11.1 Å². The largest absolute Gasteiger partial charge is 0.302 e. The Kier molecular flexibility index (Phi) is 4.46. The number of rotatable bonds is 1. The minimum atomic E-state index is -0.423. The van der Waals surface area contributed by atoms with Crippen LogP contribution >= 0.6 is 11.8 Å². The van der Waals surface area contributed by atoms with Gasteiger partial charge in [0, 0.05) is 35.0 Å². The molecule has 0 fully saturated rings. The molecule has 3 rings (SSSR count). The van der Waals surface area contributed by atoms with Crippen molar-refractivity contribution < 1.29 is 4.39 Å². The predicted octanol–water partition coefficient (Wildman–Crippen LogP) is 3.96.